The molecule has 0 saturated heterocycles. The number of benzene rings is 1. The maximum atomic E-state index is 11.0. The molecule has 0 saturated carbocycles. The van der Waals surface area contributed by atoms with Crippen molar-refractivity contribution in [3.8, 4) is 0 Å². The molecule has 118 valence electrons. The van der Waals surface area contributed by atoms with E-state index in [1.54, 1.807) is 24.3 Å². The number of carboxylic acid groups (broad SMARTS) is 1. The zero-order valence-electron chi connectivity index (χ0n) is 11.1. The number of pyridine rings is 1. The molecular formula is C13H14ClN4O2Pt-3. The van der Waals surface area contributed by atoms with E-state index < -0.39 is 5.97 Å². The second-order valence-corrected chi connectivity index (χ2v) is 4.08. The van der Waals surface area contributed by atoms with Gasteiger partial charge >= 0.3 is 5.97 Å². The molecule has 0 radical (unpaired) electrons. The van der Waals surface area contributed by atoms with Crippen LogP contribution in [0.4, 0.5) is 11.5 Å². The van der Waals surface area contributed by atoms with E-state index in [9.17, 15) is 4.79 Å². The maximum Gasteiger partial charge on any atom is 0.335 e. The molecule has 5 N–H and O–H groups in total. The number of aromatic carboxylic acids is 1. The summed E-state index contributed by atoms with van der Waals surface area (Å²) < 4.78 is 0. The van der Waals surface area contributed by atoms with E-state index in [2.05, 4.69) is 10.3 Å². The molecule has 2 aromatic rings. The number of nitrogens with zero attached hydrogens (tertiary/aromatic N) is 2. The van der Waals surface area contributed by atoms with Crippen molar-refractivity contribution in [3.63, 3.8) is 0 Å². The molecule has 0 atom stereocenters. The normalized spacial score (nSPS) is 8.67. The Morgan fingerprint density at radius 2 is 1.90 bits per heavy atom. The Balaban J connectivity index is 0. The summed E-state index contributed by atoms with van der Waals surface area (Å²) in [6.45, 7) is 1.82. The molecule has 0 aliphatic heterocycles. The topological polar surface area (TPSA) is 131 Å². The molecule has 21 heavy (non-hydrogen) atoms. The molecule has 1 aromatic heterocycles. The largest absolute Gasteiger partial charge is 0.693 e. The monoisotopic (exact) mass is 488 g/mol. The van der Waals surface area contributed by atoms with Crippen LogP contribution in [-0.2, 0) is 21.1 Å². The molecule has 6 nitrogen and oxygen atoms in total. The van der Waals surface area contributed by atoms with Crippen molar-refractivity contribution in [2.75, 3.05) is 0 Å². The molecule has 0 spiro atoms. The van der Waals surface area contributed by atoms with Gasteiger partial charge in [0.1, 0.15) is 0 Å². The number of aromatic nitrogens is 1. The predicted molar refractivity (Wildman–Crippen MR) is 80.6 cm³/mol. The van der Waals surface area contributed by atoms with Gasteiger partial charge < -0.3 is 27.7 Å². The van der Waals surface area contributed by atoms with Gasteiger partial charge in [0.15, 0.2) is 0 Å². The second kappa shape index (κ2) is 9.47. The van der Waals surface area contributed by atoms with E-state index in [1.807, 2.05) is 6.92 Å². The van der Waals surface area contributed by atoms with E-state index in [0.717, 1.165) is 5.56 Å². The molecule has 2 rings (SSSR count). The van der Waals surface area contributed by atoms with Crippen LogP contribution in [0.2, 0.25) is 5.02 Å². The molecule has 1 heterocycles. The quantitative estimate of drug-likeness (QED) is 0.610. The van der Waals surface area contributed by atoms with E-state index in [4.69, 9.17) is 16.7 Å². The van der Waals surface area contributed by atoms with E-state index in [1.165, 1.54) is 12.3 Å². The number of rotatable bonds is 3. The molecule has 0 fully saturated rings. The zero-order chi connectivity index (χ0) is 13.1. The Hall–Kier alpha value is -1.46. The Kier molecular flexibility index (Phi) is 9.84. The van der Waals surface area contributed by atoms with Crippen molar-refractivity contribution in [1.29, 1.82) is 0 Å². The van der Waals surface area contributed by atoms with Crippen molar-refractivity contribution >= 4 is 29.1 Å². The van der Waals surface area contributed by atoms with Crippen molar-refractivity contribution in [2.45, 2.75) is 6.92 Å². The van der Waals surface area contributed by atoms with Gasteiger partial charge in [-0.2, -0.15) is 0 Å². The summed E-state index contributed by atoms with van der Waals surface area (Å²) in [5, 5.41) is 13.9. The molecule has 0 aliphatic carbocycles. The first-order chi connectivity index (χ1) is 8.59. The summed E-state index contributed by atoms with van der Waals surface area (Å²) in [6, 6.07) is 8.31. The predicted octanol–water partition coefficient (Wildman–Crippen LogP) is 5.51. The average Bonchev–Trinajstić information content (AvgIpc) is 2.35. The average molecular weight is 489 g/mol. The first kappa shape index (κ1) is 21.8. The van der Waals surface area contributed by atoms with Gasteiger partial charge in [-0.3, -0.25) is 0 Å². The Morgan fingerprint density at radius 1 is 1.24 bits per heavy atom. The van der Waals surface area contributed by atoms with Crippen LogP contribution in [-0.4, -0.2) is 16.1 Å². The summed E-state index contributed by atoms with van der Waals surface area (Å²) in [7, 11) is 0. The standard InChI is InChI=1S/C13H11ClN2O2.2H2N.Pt/c1-8-10(14)5-2-6-11(8)16-12-9(13(17)18)4-3-7-15-12;;;/h2-7H,1H3,(H2,15,16,17,18);2*1H2;/q;2*-1;/p-1. The van der Waals surface area contributed by atoms with Gasteiger partial charge in [-0.15, -0.1) is 0 Å². The van der Waals surface area contributed by atoms with Crippen molar-refractivity contribution < 1.29 is 31.0 Å². The minimum absolute atomic E-state index is 0. The van der Waals surface area contributed by atoms with Gasteiger partial charge in [-0.05, 0) is 36.1 Å². The SMILES string of the molecule is Cc1c(Cl)cccc1[N-]c1ncccc1C(=O)O.[NH2-].[NH2-].[Pt]. The van der Waals surface area contributed by atoms with Crippen LogP contribution in [0.15, 0.2) is 36.5 Å². The van der Waals surface area contributed by atoms with Gasteiger partial charge in [0.2, 0.25) is 0 Å². The number of carbonyl (C=O) groups is 1. The van der Waals surface area contributed by atoms with Gasteiger partial charge in [-0.1, -0.05) is 36.0 Å². The van der Waals surface area contributed by atoms with Gasteiger partial charge in [-0.25, -0.2) is 4.79 Å². The molecule has 1 aromatic carbocycles. The number of hydrogen-bond donors (Lipinski definition) is 1. The third-order valence-corrected chi connectivity index (χ3v) is 2.89. The van der Waals surface area contributed by atoms with Crippen LogP contribution in [0, 0.1) is 6.92 Å². The molecule has 0 bridgehead atoms. The number of carboxylic acids is 1. The zero-order valence-corrected chi connectivity index (χ0v) is 14.1. The fourth-order valence-electron chi connectivity index (χ4n) is 1.48. The van der Waals surface area contributed by atoms with Crippen LogP contribution in [0.25, 0.3) is 17.6 Å². The Morgan fingerprint density at radius 3 is 2.52 bits per heavy atom. The van der Waals surface area contributed by atoms with Crippen LogP contribution in [0.1, 0.15) is 15.9 Å². The Bertz CT molecular complexity index is 610. The summed E-state index contributed by atoms with van der Waals surface area (Å²) in [5.74, 6) is -0.878. The van der Waals surface area contributed by atoms with Gasteiger partial charge in [0, 0.05) is 26.1 Å². The van der Waals surface area contributed by atoms with Gasteiger partial charge in [0.25, 0.3) is 0 Å². The summed E-state index contributed by atoms with van der Waals surface area (Å²) >= 11 is 5.99. The van der Waals surface area contributed by atoms with Crippen LogP contribution in [0.3, 0.4) is 0 Å². The third kappa shape index (κ3) is 5.10. The minimum atomic E-state index is -1.05. The number of nitrogens with two attached hydrogens (primary N) is 2. The summed E-state index contributed by atoms with van der Waals surface area (Å²) in [6.07, 6.45) is 1.51. The Labute approximate surface area is 142 Å². The van der Waals surface area contributed by atoms with Crippen LogP contribution < -0.4 is 0 Å². The number of hydrogen-bond acceptors (Lipinski definition) is 2. The van der Waals surface area contributed by atoms with E-state index >= 15 is 0 Å². The smallest absolute Gasteiger partial charge is 0.335 e. The van der Waals surface area contributed by atoms with E-state index in [0.29, 0.717) is 10.7 Å². The first-order valence-electron chi connectivity index (χ1n) is 5.25. The minimum Gasteiger partial charge on any atom is -0.693 e. The fourth-order valence-corrected chi connectivity index (χ4v) is 1.65. The second-order valence-electron chi connectivity index (χ2n) is 3.68. The molecule has 0 unspecified atom stereocenters. The maximum absolute atomic E-state index is 11.0. The van der Waals surface area contributed by atoms with E-state index in [-0.39, 0.29) is 44.7 Å². The summed E-state index contributed by atoms with van der Waals surface area (Å²) in [5.41, 5.74) is 1.47. The van der Waals surface area contributed by atoms with Crippen LogP contribution in [0.5, 0.6) is 0 Å². The molecule has 8 heteroatoms. The molecule has 0 amide bonds. The molecule has 0 aliphatic rings. The van der Waals surface area contributed by atoms with Crippen molar-refractivity contribution in [2.24, 2.45) is 0 Å². The van der Waals surface area contributed by atoms with Crippen molar-refractivity contribution in [1.82, 2.24) is 4.98 Å². The first-order valence-corrected chi connectivity index (χ1v) is 5.62. The van der Waals surface area contributed by atoms with Crippen LogP contribution >= 0.6 is 11.6 Å². The fraction of sp³-hybridized carbons (Fsp3) is 0.0769. The number of halogens is 1. The van der Waals surface area contributed by atoms with Gasteiger partial charge in [0.05, 0.1) is 5.56 Å². The third-order valence-electron chi connectivity index (χ3n) is 2.48. The molecular weight excluding hydrogens is 475 g/mol. The summed E-state index contributed by atoms with van der Waals surface area (Å²) in [4.78, 5) is 15.0. The van der Waals surface area contributed by atoms with Crippen molar-refractivity contribution in [3.05, 3.63) is 70.3 Å².